The summed E-state index contributed by atoms with van der Waals surface area (Å²) in [5, 5.41) is 9.67. The molecule has 1 heterocycles. The van der Waals surface area contributed by atoms with E-state index >= 15 is 0 Å². The molecule has 1 saturated carbocycles. The summed E-state index contributed by atoms with van der Waals surface area (Å²) in [5.74, 6) is 0.477. The molecule has 1 aliphatic carbocycles. The van der Waals surface area contributed by atoms with Crippen molar-refractivity contribution in [2.45, 2.75) is 57.6 Å². The third kappa shape index (κ3) is 2.29. The van der Waals surface area contributed by atoms with Gasteiger partial charge < -0.3 is 5.11 Å². The quantitative estimate of drug-likeness (QED) is 0.695. The summed E-state index contributed by atoms with van der Waals surface area (Å²) in [6.45, 7) is 4.42. The number of nitrogens with zero attached hydrogens (tertiary/aromatic N) is 1. The second-order valence-corrected chi connectivity index (χ2v) is 5.12. The molecule has 0 aromatic rings. The number of hydrogen-bond donors (Lipinski definition) is 1. The van der Waals surface area contributed by atoms with E-state index in [0.717, 1.165) is 25.6 Å². The number of likely N-dealkylation sites (tertiary alicyclic amines) is 1. The highest BCUT2D eigenvalue weighted by molar-refractivity contribution is 4.83. The Morgan fingerprint density at radius 3 is 2.43 bits per heavy atom. The van der Waals surface area contributed by atoms with Gasteiger partial charge in [0, 0.05) is 19.1 Å². The lowest BCUT2D eigenvalue weighted by atomic mass is 9.90. The maximum Gasteiger partial charge on any atom is 0.0590 e. The first-order valence-corrected chi connectivity index (χ1v) is 6.19. The fourth-order valence-electron chi connectivity index (χ4n) is 2.94. The van der Waals surface area contributed by atoms with Crippen molar-refractivity contribution in [2.24, 2.45) is 5.92 Å². The molecule has 0 aromatic carbocycles. The Labute approximate surface area is 87.3 Å². The zero-order valence-electron chi connectivity index (χ0n) is 9.28. The Bertz CT molecular complexity index is 177. The summed E-state index contributed by atoms with van der Waals surface area (Å²) < 4.78 is 0. The lowest BCUT2D eigenvalue weighted by molar-refractivity contribution is 0.00992. The van der Waals surface area contributed by atoms with Gasteiger partial charge in [-0.3, -0.25) is 4.90 Å². The zero-order valence-corrected chi connectivity index (χ0v) is 9.28. The summed E-state index contributed by atoms with van der Waals surface area (Å²) in [4.78, 5) is 2.62. The van der Waals surface area contributed by atoms with Crippen LogP contribution in [-0.4, -0.2) is 35.2 Å². The van der Waals surface area contributed by atoms with E-state index in [1.165, 1.54) is 32.1 Å². The SMILES string of the molecule is CC1CN(C2CCCCC2)CCC1O. The fourth-order valence-corrected chi connectivity index (χ4v) is 2.94. The van der Waals surface area contributed by atoms with Crippen LogP contribution in [0.4, 0.5) is 0 Å². The number of aliphatic hydroxyl groups is 1. The lowest BCUT2D eigenvalue weighted by Gasteiger charge is -2.41. The Balaban J connectivity index is 1.85. The van der Waals surface area contributed by atoms with Gasteiger partial charge in [0.15, 0.2) is 0 Å². The second kappa shape index (κ2) is 4.63. The molecule has 0 aromatic heterocycles. The first-order chi connectivity index (χ1) is 6.77. The zero-order chi connectivity index (χ0) is 9.97. The Kier molecular flexibility index (Phi) is 3.45. The first kappa shape index (κ1) is 10.4. The summed E-state index contributed by atoms with van der Waals surface area (Å²) in [6, 6.07) is 0.832. The maximum atomic E-state index is 9.67. The lowest BCUT2D eigenvalue weighted by Crippen LogP contribution is -2.47. The molecule has 82 valence electrons. The normalized spacial score (nSPS) is 37.3. The van der Waals surface area contributed by atoms with Gasteiger partial charge in [0.25, 0.3) is 0 Å². The smallest absolute Gasteiger partial charge is 0.0590 e. The van der Waals surface area contributed by atoms with Crippen molar-refractivity contribution in [3.8, 4) is 0 Å². The molecule has 0 radical (unpaired) electrons. The molecule has 2 rings (SSSR count). The molecule has 2 nitrogen and oxygen atoms in total. The average molecular weight is 197 g/mol. The number of aliphatic hydroxyl groups excluding tert-OH is 1. The predicted octanol–water partition coefficient (Wildman–Crippen LogP) is 2.02. The van der Waals surface area contributed by atoms with Crippen LogP contribution in [0.25, 0.3) is 0 Å². The van der Waals surface area contributed by atoms with E-state index in [1.807, 2.05) is 0 Å². The molecular weight excluding hydrogens is 174 g/mol. The standard InChI is InChI=1S/C12H23NO/c1-10-9-13(8-7-12(10)14)11-5-3-2-4-6-11/h10-12,14H,2-9H2,1H3. The molecule has 2 atom stereocenters. The van der Waals surface area contributed by atoms with Gasteiger partial charge in [-0.25, -0.2) is 0 Å². The summed E-state index contributed by atoms with van der Waals surface area (Å²) in [6.07, 6.45) is 7.98. The maximum absolute atomic E-state index is 9.67. The van der Waals surface area contributed by atoms with E-state index in [1.54, 1.807) is 0 Å². The summed E-state index contributed by atoms with van der Waals surface area (Å²) in [7, 11) is 0. The van der Waals surface area contributed by atoms with Crippen molar-refractivity contribution in [1.82, 2.24) is 4.90 Å². The molecule has 2 aliphatic rings. The van der Waals surface area contributed by atoms with Gasteiger partial charge in [0.2, 0.25) is 0 Å². The third-order valence-electron chi connectivity index (χ3n) is 3.98. The summed E-state index contributed by atoms with van der Waals surface area (Å²) in [5.41, 5.74) is 0. The molecule has 2 unspecified atom stereocenters. The highest BCUT2D eigenvalue weighted by Gasteiger charge is 2.29. The van der Waals surface area contributed by atoms with Crippen LogP contribution in [0, 0.1) is 5.92 Å². The van der Waals surface area contributed by atoms with E-state index < -0.39 is 0 Å². The van der Waals surface area contributed by atoms with Crippen LogP contribution < -0.4 is 0 Å². The van der Waals surface area contributed by atoms with E-state index in [0.29, 0.717) is 5.92 Å². The fraction of sp³-hybridized carbons (Fsp3) is 1.00. The highest BCUT2D eigenvalue weighted by Crippen LogP contribution is 2.26. The van der Waals surface area contributed by atoms with Crippen LogP contribution in [0.2, 0.25) is 0 Å². The topological polar surface area (TPSA) is 23.5 Å². The van der Waals surface area contributed by atoms with Crippen molar-refractivity contribution in [3.05, 3.63) is 0 Å². The molecular formula is C12H23NO. The van der Waals surface area contributed by atoms with Gasteiger partial charge in [-0.05, 0) is 25.2 Å². The monoisotopic (exact) mass is 197 g/mol. The van der Waals surface area contributed by atoms with Crippen molar-refractivity contribution in [1.29, 1.82) is 0 Å². The Morgan fingerprint density at radius 2 is 1.79 bits per heavy atom. The second-order valence-electron chi connectivity index (χ2n) is 5.12. The van der Waals surface area contributed by atoms with Gasteiger partial charge in [0.1, 0.15) is 0 Å². The van der Waals surface area contributed by atoms with E-state index in [-0.39, 0.29) is 6.10 Å². The van der Waals surface area contributed by atoms with E-state index in [9.17, 15) is 5.11 Å². The molecule has 2 fully saturated rings. The van der Waals surface area contributed by atoms with Gasteiger partial charge in [-0.1, -0.05) is 26.2 Å². The molecule has 0 amide bonds. The van der Waals surface area contributed by atoms with Crippen LogP contribution in [0.1, 0.15) is 45.4 Å². The van der Waals surface area contributed by atoms with Crippen LogP contribution in [-0.2, 0) is 0 Å². The molecule has 1 N–H and O–H groups in total. The largest absolute Gasteiger partial charge is 0.393 e. The highest BCUT2D eigenvalue weighted by atomic mass is 16.3. The minimum Gasteiger partial charge on any atom is -0.393 e. The van der Waals surface area contributed by atoms with Crippen LogP contribution in [0.5, 0.6) is 0 Å². The molecule has 14 heavy (non-hydrogen) atoms. The van der Waals surface area contributed by atoms with E-state index in [2.05, 4.69) is 11.8 Å². The molecule has 0 spiro atoms. The van der Waals surface area contributed by atoms with Crippen molar-refractivity contribution >= 4 is 0 Å². The van der Waals surface area contributed by atoms with Crippen molar-refractivity contribution < 1.29 is 5.11 Å². The number of rotatable bonds is 1. The van der Waals surface area contributed by atoms with Crippen LogP contribution >= 0.6 is 0 Å². The average Bonchev–Trinajstić information content (AvgIpc) is 2.23. The molecule has 0 bridgehead atoms. The third-order valence-corrected chi connectivity index (χ3v) is 3.98. The van der Waals surface area contributed by atoms with Gasteiger partial charge in [-0.2, -0.15) is 0 Å². The number of piperidine rings is 1. The summed E-state index contributed by atoms with van der Waals surface area (Å²) >= 11 is 0. The molecule has 1 saturated heterocycles. The van der Waals surface area contributed by atoms with Gasteiger partial charge in [0.05, 0.1) is 6.10 Å². The predicted molar refractivity (Wildman–Crippen MR) is 58.2 cm³/mol. The Morgan fingerprint density at radius 1 is 1.07 bits per heavy atom. The van der Waals surface area contributed by atoms with Crippen LogP contribution in [0.3, 0.4) is 0 Å². The first-order valence-electron chi connectivity index (χ1n) is 6.19. The molecule has 1 aliphatic heterocycles. The minimum absolute atomic E-state index is 0.0464. The van der Waals surface area contributed by atoms with E-state index in [4.69, 9.17) is 0 Å². The van der Waals surface area contributed by atoms with Crippen molar-refractivity contribution in [2.75, 3.05) is 13.1 Å². The van der Waals surface area contributed by atoms with Gasteiger partial charge in [-0.15, -0.1) is 0 Å². The van der Waals surface area contributed by atoms with Crippen LogP contribution in [0.15, 0.2) is 0 Å². The van der Waals surface area contributed by atoms with Gasteiger partial charge >= 0.3 is 0 Å². The Hall–Kier alpha value is -0.0800. The number of hydrogen-bond acceptors (Lipinski definition) is 2. The molecule has 2 heteroatoms. The van der Waals surface area contributed by atoms with Crippen molar-refractivity contribution in [3.63, 3.8) is 0 Å². The minimum atomic E-state index is -0.0464.